The molecule has 0 bridgehead atoms. The van der Waals surface area contributed by atoms with Crippen molar-refractivity contribution < 1.29 is 14.3 Å². The summed E-state index contributed by atoms with van der Waals surface area (Å²) in [5.74, 6) is -1.61. The van der Waals surface area contributed by atoms with Crippen LogP contribution in [-0.4, -0.2) is 48.2 Å². The molecule has 1 N–H and O–H groups in total. The highest BCUT2D eigenvalue weighted by molar-refractivity contribution is 5.94. The molecule has 1 aromatic carbocycles. The molecule has 0 aromatic heterocycles. The third-order valence-electron chi connectivity index (χ3n) is 3.89. The molecule has 0 amide bonds. The van der Waals surface area contributed by atoms with E-state index < -0.39 is 11.8 Å². The first-order valence-electron chi connectivity index (χ1n) is 6.40. The Morgan fingerprint density at radius 1 is 1.32 bits per heavy atom. The first-order chi connectivity index (χ1) is 8.90. The number of anilines is 1. The molecule has 1 heterocycles. The zero-order valence-electron chi connectivity index (χ0n) is 11.4. The van der Waals surface area contributed by atoms with Gasteiger partial charge in [0.25, 0.3) is 0 Å². The molecule has 5 heteroatoms. The average Bonchev–Trinajstić information content (AvgIpc) is 2.35. The third kappa shape index (κ3) is 2.71. The van der Waals surface area contributed by atoms with Crippen LogP contribution in [0.1, 0.15) is 24.2 Å². The minimum Gasteiger partial charge on any atom is -0.478 e. The summed E-state index contributed by atoms with van der Waals surface area (Å²) in [7, 11) is 2.06. The van der Waals surface area contributed by atoms with Gasteiger partial charge in [-0.2, -0.15) is 0 Å². The fourth-order valence-electron chi connectivity index (χ4n) is 2.56. The number of hydrogen-bond donors (Lipinski definition) is 1. The molecule has 1 aliphatic rings. The van der Waals surface area contributed by atoms with Crippen molar-refractivity contribution in [3.63, 3.8) is 0 Å². The maximum Gasteiger partial charge on any atom is 0.337 e. The van der Waals surface area contributed by atoms with E-state index in [1.54, 1.807) is 6.07 Å². The highest BCUT2D eigenvalue weighted by Crippen LogP contribution is 2.26. The normalized spacial score (nSPS) is 24.5. The smallest absolute Gasteiger partial charge is 0.337 e. The van der Waals surface area contributed by atoms with Gasteiger partial charge in [0.1, 0.15) is 5.82 Å². The fourth-order valence-corrected chi connectivity index (χ4v) is 2.56. The van der Waals surface area contributed by atoms with Gasteiger partial charge in [0.15, 0.2) is 0 Å². The van der Waals surface area contributed by atoms with Gasteiger partial charge in [0.2, 0.25) is 0 Å². The molecule has 0 saturated carbocycles. The van der Waals surface area contributed by atoms with Crippen LogP contribution in [0.3, 0.4) is 0 Å². The molecule has 2 rings (SSSR count). The molecule has 0 aliphatic carbocycles. The molecule has 1 aliphatic heterocycles. The van der Waals surface area contributed by atoms with Gasteiger partial charge < -0.3 is 10.0 Å². The fraction of sp³-hybridized carbons (Fsp3) is 0.500. The summed E-state index contributed by atoms with van der Waals surface area (Å²) < 4.78 is 13.2. The number of carbonyl (C=O) groups is 1. The van der Waals surface area contributed by atoms with E-state index in [0.29, 0.717) is 17.8 Å². The zero-order valence-corrected chi connectivity index (χ0v) is 11.4. The molecule has 104 valence electrons. The van der Waals surface area contributed by atoms with E-state index in [9.17, 15) is 14.3 Å². The van der Waals surface area contributed by atoms with Crippen LogP contribution >= 0.6 is 0 Å². The maximum absolute atomic E-state index is 13.2. The number of carboxylic acids is 1. The number of nitrogens with zero attached hydrogens (tertiary/aromatic N) is 2. The highest BCUT2D eigenvalue weighted by Gasteiger charge is 2.28. The van der Waals surface area contributed by atoms with Crippen LogP contribution in [0.4, 0.5) is 10.1 Å². The Morgan fingerprint density at radius 3 is 2.42 bits per heavy atom. The number of piperazine rings is 1. The Bertz CT molecular complexity index is 480. The number of halogens is 1. The number of rotatable bonds is 2. The molecule has 1 fully saturated rings. The average molecular weight is 266 g/mol. The van der Waals surface area contributed by atoms with Gasteiger partial charge in [-0.25, -0.2) is 9.18 Å². The molecule has 0 radical (unpaired) electrons. The van der Waals surface area contributed by atoms with Crippen LogP contribution in [0, 0.1) is 5.82 Å². The van der Waals surface area contributed by atoms with E-state index >= 15 is 0 Å². The van der Waals surface area contributed by atoms with Gasteiger partial charge in [0.05, 0.1) is 11.3 Å². The molecule has 2 unspecified atom stereocenters. The summed E-state index contributed by atoms with van der Waals surface area (Å²) in [4.78, 5) is 15.5. The second kappa shape index (κ2) is 5.17. The second-order valence-electron chi connectivity index (χ2n) is 5.24. The molecule has 2 atom stereocenters. The maximum atomic E-state index is 13.2. The molecule has 1 saturated heterocycles. The highest BCUT2D eigenvalue weighted by atomic mass is 19.1. The SMILES string of the molecule is CC1CN(c2ccc(F)cc2C(=O)O)CC(C)N1C. The quantitative estimate of drug-likeness (QED) is 0.889. The van der Waals surface area contributed by atoms with Crippen LogP contribution < -0.4 is 4.90 Å². The minimum atomic E-state index is -1.09. The lowest BCUT2D eigenvalue weighted by Crippen LogP contribution is -2.55. The van der Waals surface area contributed by atoms with Crippen molar-refractivity contribution in [2.45, 2.75) is 25.9 Å². The van der Waals surface area contributed by atoms with Crippen molar-refractivity contribution in [3.8, 4) is 0 Å². The van der Waals surface area contributed by atoms with E-state index in [0.717, 1.165) is 19.2 Å². The van der Waals surface area contributed by atoms with Crippen LogP contribution in [0.5, 0.6) is 0 Å². The Balaban J connectivity index is 2.34. The molecule has 4 nitrogen and oxygen atoms in total. The van der Waals surface area contributed by atoms with Crippen molar-refractivity contribution in [1.82, 2.24) is 4.90 Å². The number of aromatic carboxylic acids is 1. The lowest BCUT2D eigenvalue weighted by atomic mass is 10.1. The van der Waals surface area contributed by atoms with Crippen LogP contribution in [0.25, 0.3) is 0 Å². The zero-order chi connectivity index (χ0) is 14.2. The predicted octanol–water partition coefficient (Wildman–Crippen LogP) is 2.05. The van der Waals surface area contributed by atoms with Crippen molar-refractivity contribution in [2.24, 2.45) is 0 Å². The van der Waals surface area contributed by atoms with Crippen molar-refractivity contribution in [1.29, 1.82) is 0 Å². The van der Waals surface area contributed by atoms with Crippen molar-refractivity contribution in [3.05, 3.63) is 29.6 Å². The summed E-state index contributed by atoms with van der Waals surface area (Å²) in [6.45, 7) is 5.69. The van der Waals surface area contributed by atoms with E-state index in [4.69, 9.17) is 0 Å². The van der Waals surface area contributed by atoms with Crippen molar-refractivity contribution >= 4 is 11.7 Å². The Kier molecular flexibility index (Phi) is 3.75. The van der Waals surface area contributed by atoms with Gasteiger partial charge in [-0.3, -0.25) is 4.90 Å². The Labute approximate surface area is 112 Å². The number of likely N-dealkylation sites (N-methyl/N-ethyl adjacent to an activating group) is 1. The number of hydrogen-bond acceptors (Lipinski definition) is 3. The number of carboxylic acid groups (broad SMARTS) is 1. The van der Waals surface area contributed by atoms with Crippen molar-refractivity contribution in [2.75, 3.05) is 25.0 Å². The molecular formula is C14H19FN2O2. The van der Waals surface area contributed by atoms with Crippen LogP contribution in [0.15, 0.2) is 18.2 Å². The summed E-state index contributed by atoms with van der Waals surface area (Å²) in [6, 6.07) is 4.62. The van der Waals surface area contributed by atoms with Gasteiger partial charge in [0, 0.05) is 25.2 Å². The van der Waals surface area contributed by atoms with E-state index in [2.05, 4.69) is 25.8 Å². The Hall–Kier alpha value is -1.62. The largest absolute Gasteiger partial charge is 0.478 e. The van der Waals surface area contributed by atoms with Gasteiger partial charge >= 0.3 is 5.97 Å². The number of benzene rings is 1. The summed E-state index contributed by atoms with van der Waals surface area (Å²) in [5, 5.41) is 9.20. The second-order valence-corrected chi connectivity index (χ2v) is 5.24. The lowest BCUT2D eigenvalue weighted by Gasteiger charge is -2.43. The van der Waals surface area contributed by atoms with E-state index in [1.807, 2.05) is 4.90 Å². The molecule has 19 heavy (non-hydrogen) atoms. The first-order valence-corrected chi connectivity index (χ1v) is 6.40. The molecule has 0 spiro atoms. The minimum absolute atomic E-state index is 0.0314. The van der Waals surface area contributed by atoms with Crippen LogP contribution in [0.2, 0.25) is 0 Å². The summed E-state index contributed by atoms with van der Waals surface area (Å²) in [6.07, 6.45) is 0. The van der Waals surface area contributed by atoms with Gasteiger partial charge in [-0.15, -0.1) is 0 Å². The van der Waals surface area contributed by atoms with Crippen LogP contribution in [-0.2, 0) is 0 Å². The van der Waals surface area contributed by atoms with E-state index in [1.165, 1.54) is 6.07 Å². The van der Waals surface area contributed by atoms with Gasteiger partial charge in [-0.05, 0) is 39.1 Å². The lowest BCUT2D eigenvalue weighted by molar-refractivity contribution is 0.0696. The topological polar surface area (TPSA) is 43.8 Å². The Morgan fingerprint density at radius 2 is 1.89 bits per heavy atom. The predicted molar refractivity (Wildman–Crippen MR) is 72.3 cm³/mol. The summed E-state index contributed by atoms with van der Waals surface area (Å²) >= 11 is 0. The molecule has 1 aromatic rings. The van der Waals surface area contributed by atoms with Gasteiger partial charge in [-0.1, -0.05) is 0 Å². The first kappa shape index (κ1) is 13.8. The summed E-state index contributed by atoms with van der Waals surface area (Å²) in [5.41, 5.74) is 0.629. The van der Waals surface area contributed by atoms with E-state index in [-0.39, 0.29) is 5.56 Å². The monoisotopic (exact) mass is 266 g/mol. The standard InChI is InChI=1S/C14H19FN2O2/c1-9-7-17(8-10(2)16(9)3)13-5-4-11(15)6-12(13)14(18)19/h4-6,9-10H,7-8H2,1-3H3,(H,18,19). The molecular weight excluding hydrogens is 247 g/mol. The third-order valence-corrected chi connectivity index (χ3v) is 3.89.